The molecule has 98 valence electrons. The van der Waals surface area contributed by atoms with Crippen molar-refractivity contribution < 1.29 is 4.74 Å². The summed E-state index contributed by atoms with van der Waals surface area (Å²) in [5, 5.41) is 0. The molecule has 0 spiro atoms. The smallest absolute Gasteiger partial charge is 0.213 e. The van der Waals surface area contributed by atoms with Gasteiger partial charge < -0.3 is 10.5 Å². The quantitative estimate of drug-likeness (QED) is 0.819. The van der Waals surface area contributed by atoms with Gasteiger partial charge in [-0.25, -0.2) is 4.98 Å². The molecule has 1 aromatic rings. The first-order valence-electron chi connectivity index (χ1n) is 6.38. The van der Waals surface area contributed by atoms with Crippen molar-refractivity contribution in [2.45, 2.75) is 19.3 Å². The van der Waals surface area contributed by atoms with Gasteiger partial charge in [-0.05, 0) is 32.0 Å². The van der Waals surface area contributed by atoms with E-state index < -0.39 is 0 Å². The van der Waals surface area contributed by atoms with Crippen LogP contribution in [0.5, 0.6) is 5.88 Å². The molecule has 0 saturated carbocycles. The van der Waals surface area contributed by atoms with Gasteiger partial charge in [-0.15, -0.1) is 0 Å². The maximum absolute atomic E-state index is 5.63. The van der Waals surface area contributed by atoms with Crippen LogP contribution in [0.15, 0.2) is 18.2 Å². The van der Waals surface area contributed by atoms with Crippen molar-refractivity contribution in [3.63, 3.8) is 0 Å². The summed E-state index contributed by atoms with van der Waals surface area (Å²) in [6.07, 6.45) is 3.96. The predicted octanol–water partition coefficient (Wildman–Crippen LogP) is 1.58. The minimum Gasteiger partial charge on any atom is -0.476 e. The van der Waals surface area contributed by atoms with Gasteiger partial charge in [0, 0.05) is 12.6 Å². The highest BCUT2D eigenvalue weighted by molar-refractivity contribution is 7.80. The van der Waals surface area contributed by atoms with Crippen LogP contribution < -0.4 is 10.5 Å². The molecule has 2 rings (SSSR count). The predicted molar refractivity (Wildman–Crippen MR) is 75.9 cm³/mol. The molecule has 0 atom stereocenters. The number of nitrogens with zero attached hydrogens (tertiary/aromatic N) is 2. The third-order valence-corrected chi connectivity index (χ3v) is 3.29. The number of ether oxygens (including phenoxy) is 1. The Labute approximate surface area is 113 Å². The van der Waals surface area contributed by atoms with Crippen LogP contribution in [-0.2, 0) is 0 Å². The lowest BCUT2D eigenvalue weighted by atomic mass is 10.1. The van der Waals surface area contributed by atoms with Gasteiger partial charge in [-0.2, -0.15) is 0 Å². The van der Waals surface area contributed by atoms with E-state index in [0.717, 1.165) is 6.54 Å². The average Bonchev–Trinajstić information content (AvgIpc) is 2.40. The number of pyridine rings is 1. The molecule has 0 aliphatic carbocycles. The van der Waals surface area contributed by atoms with Crippen LogP contribution in [0, 0.1) is 0 Å². The van der Waals surface area contributed by atoms with Gasteiger partial charge >= 0.3 is 0 Å². The third kappa shape index (κ3) is 3.92. The van der Waals surface area contributed by atoms with Crippen LogP contribution >= 0.6 is 12.2 Å². The van der Waals surface area contributed by atoms with Crippen molar-refractivity contribution in [3.05, 3.63) is 23.9 Å². The van der Waals surface area contributed by atoms with Crippen molar-refractivity contribution >= 4 is 17.2 Å². The highest BCUT2D eigenvalue weighted by Crippen LogP contribution is 2.10. The number of likely N-dealkylation sites (tertiary alicyclic amines) is 1. The van der Waals surface area contributed by atoms with E-state index in [4.69, 9.17) is 22.7 Å². The molecule has 0 bridgehead atoms. The molecule has 1 saturated heterocycles. The van der Waals surface area contributed by atoms with Gasteiger partial charge in [0.1, 0.15) is 17.3 Å². The van der Waals surface area contributed by atoms with E-state index in [2.05, 4.69) is 9.88 Å². The van der Waals surface area contributed by atoms with Gasteiger partial charge in [0.25, 0.3) is 0 Å². The summed E-state index contributed by atoms with van der Waals surface area (Å²) >= 11 is 4.89. The number of nitrogens with two attached hydrogens (primary N) is 1. The lowest BCUT2D eigenvalue weighted by Crippen LogP contribution is -2.33. The standard InChI is InChI=1S/C13H19N3OS/c14-13(18)11-5-4-6-12(15-11)17-10-9-16-7-2-1-3-8-16/h4-6H,1-3,7-10H2,(H2,14,18). The second kappa shape index (κ2) is 6.66. The molecule has 2 heterocycles. The molecule has 0 aromatic carbocycles. The fourth-order valence-electron chi connectivity index (χ4n) is 2.09. The molecule has 4 nitrogen and oxygen atoms in total. The largest absolute Gasteiger partial charge is 0.476 e. The highest BCUT2D eigenvalue weighted by Gasteiger charge is 2.09. The summed E-state index contributed by atoms with van der Waals surface area (Å²) < 4.78 is 5.63. The van der Waals surface area contributed by atoms with E-state index in [1.165, 1.54) is 32.4 Å². The molecule has 0 unspecified atom stereocenters. The van der Waals surface area contributed by atoms with Crippen LogP contribution in [0.1, 0.15) is 25.0 Å². The molecule has 0 radical (unpaired) electrons. The lowest BCUT2D eigenvalue weighted by molar-refractivity contribution is 0.180. The van der Waals surface area contributed by atoms with Crippen molar-refractivity contribution in [2.24, 2.45) is 5.73 Å². The van der Waals surface area contributed by atoms with E-state index in [1.807, 2.05) is 12.1 Å². The van der Waals surface area contributed by atoms with Crippen LogP contribution in [0.4, 0.5) is 0 Å². The summed E-state index contributed by atoms with van der Waals surface area (Å²) in [7, 11) is 0. The molecular weight excluding hydrogens is 246 g/mol. The SMILES string of the molecule is NC(=S)c1cccc(OCCN2CCCCC2)n1. The Hall–Kier alpha value is -1.20. The summed E-state index contributed by atoms with van der Waals surface area (Å²) in [4.78, 5) is 6.98. The zero-order valence-corrected chi connectivity index (χ0v) is 11.3. The number of thiocarbonyl (C=S) groups is 1. The maximum Gasteiger partial charge on any atom is 0.213 e. The second-order valence-corrected chi connectivity index (χ2v) is 4.92. The molecule has 1 aliphatic heterocycles. The summed E-state index contributed by atoms with van der Waals surface area (Å²) in [5.74, 6) is 0.595. The van der Waals surface area contributed by atoms with Crippen LogP contribution in [-0.4, -0.2) is 41.1 Å². The molecule has 1 aliphatic rings. The minimum absolute atomic E-state index is 0.302. The lowest BCUT2D eigenvalue weighted by Gasteiger charge is -2.26. The highest BCUT2D eigenvalue weighted by atomic mass is 32.1. The number of rotatable bonds is 5. The fourth-order valence-corrected chi connectivity index (χ4v) is 2.21. The van der Waals surface area contributed by atoms with Crippen LogP contribution in [0.3, 0.4) is 0 Å². The van der Waals surface area contributed by atoms with Crippen molar-refractivity contribution in [3.8, 4) is 5.88 Å². The van der Waals surface area contributed by atoms with Gasteiger partial charge in [-0.1, -0.05) is 24.7 Å². The topological polar surface area (TPSA) is 51.4 Å². The maximum atomic E-state index is 5.63. The van der Waals surface area contributed by atoms with E-state index in [1.54, 1.807) is 6.07 Å². The van der Waals surface area contributed by atoms with Gasteiger partial charge in [0.2, 0.25) is 5.88 Å². The van der Waals surface area contributed by atoms with E-state index in [-0.39, 0.29) is 0 Å². The Morgan fingerprint density at radius 3 is 2.83 bits per heavy atom. The molecule has 0 amide bonds. The van der Waals surface area contributed by atoms with Crippen LogP contribution in [0.25, 0.3) is 0 Å². The van der Waals surface area contributed by atoms with Crippen LogP contribution in [0.2, 0.25) is 0 Å². The zero-order chi connectivity index (χ0) is 12.8. The number of aromatic nitrogens is 1. The van der Waals surface area contributed by atoms with Gasteiger partial charge in [-0.3, -0.25) is 4.90 Å². The molecule has 2 N–H and O–H groups in total. The number of hydrogen-bond donors (Lipinski definition) is 1. The first-order valence-corrected chi connectivity index (χ1v) is 6.78. The Morgan fingerprint density at radius 1 is 1.33 bits per heavy atom. The molecule has 5 heteroatoms. The zero-order valence-electron chi connectivity index (χ0n) is 10.5. The van der Waals surface area contributed by atoms with Gasteiger partial charge in [0.15, 0.2) is 0 Å². The van der Waals surface area contributed by atoms with Gasteiger partial charge in [0.05, 0.1) is 0 Å². The molecule has 18 heavy (non-hydrogen) atoms. The second-order valence-electron chi connectivity index (χ2n) is 4.48. The van der Waals surface area contributed by atoms with E-state index in [9.17, 15) is 0 Å². The summed E-state index contributed by atoms with van der Waals surface area (Å²) in [5.41, 5.74) is 6.14. The van der Waals surface area contributed by atoms with Crippen molar-refractivity contribution in [2.75, 3.05) is 26.2 Å². The van der Waals surface area contributed by atoms with Crippen molar-refractivity contribution in [1.29, 1.82) is 0 Å². The Balaban J connectivity index is 1.78. The first kappa shape index (κ1) is 13.2. The number of piperidine rings is 1. The molecule has 1 fully saturated rings. The third-order valence-electron chi connectivity index (χ3n) is 3.08. The Kier molecular flexibility index (Phi) is 4.90. The summed E-state index contributed by atoms with van der Waals surface area (Å²) in [6, 6.07) is 5.48. The van der Waals surface area contributed by atoms with E-state index in [0.29, 0.717) is 23.2 Å². The Bertz CT molecular complexity index is 405. The molecular formula is C13H19N3OS. The van der Waals surface area contributed by atoms with Crippen molar-refractivity contribution in [1.82, 2.24) is 9.88 Å². The first-order chi connectivity index (χ1) is 8.75. The fraction of sp³-hybridized carbons (Fsp3) is 0.538. The monoisotopic (exact) mass is 265 g/mol. The van der Waals surface area contributed by atoms with E-state index >= 15 is 0 Å². The summed E-state index contributed by atoms with van der Waals surface area (Å²) in [6.45, 7) is 3.99. The molecule has 1 aromatic heterocycles. The number of hydrogen-bond acceptors (Lipinski definition) is 4. The average molecular weight is 265 g/mol. The normalized spacial score (nSPS) is 16.4. The Morgan fingerprint density at radius 2 is 2.11 bits per heavy atom. The minimum atomic E-state index is 0.302.